The second kappa shape index (κ2) is 10.3. The molecule has 25 heavy (non-hydrogen) atoms. The van der Waals surface area contributed by atoms with Gasteiger partial charge in [-0.25, -0.2) is 0 Å². The number of phenolic OH excluding ortho intramolecular Hbond substituents is 1. The van der Waals surface area contributed by atoms with Crippen molar-refractivity contribution in [2.24, 2.45) is 0 Å². The third-order valence-corrected chi connectivity index (χ3v) is 3.77. The van der Waals surface area contributed by atoms with Crippen LogP contribution in [0, 0.1) is 0 Å². The number of carboxylic acid groups (broad SMARTS) is 1. The van der Waals surface area contributed by atoms with Gasteiger partial charge in [0.25, 0.3) is 0 Å². The summed E-state index contributed by atoms with van der Waals surface area (Å²) >= 11 is 0. The molecule has 0 aromatic heterocycles. The van der Waals surface area contributed by atoms with E-state index < -0.39 is 49.4 Å². The molecule has 0 radical (unpaired) electrons. The van der Waals surface area contributed by atoms with Crippen molar-refractivity contribution in [2.45, 2.75) is 43.2 Å². The van der Waals surface area contributed by atoms with Gasteiger partial charge in [0, 0.05) is 6.42 Å². The predicted molar refractivity (Wildman–Crippen MR) is 75.5 cm³/mol. The molecule has 1 aliphatic heterocycles. The van der Waals surface area contributed by atoms with Crippen LogP contribution in [0.15, 0.2) is 24.3 Å². The first-order chi connectivity index (χ1) is 11.3. The van der Waals surface area contributed by atoms with Crippen molar-refractivity contribution in [3.05, 3.63) is 29.8 Å². The molecule has 1 unspecified atom stereocenters. The molecule has 2 rings (SSSR count). The molecule has 0 spiro atoms. The Hall–Kier alpha value is -0.114. The van der Waals surface area contributed by atoms with Crippen molar-refractivity contribution in [3.8, 4) is 5.75 Å². The monoisotopic (exact) mass is 382 g/mol. The van der Waals surface area contributed by atoms with Crippen molar-refractivity contribution in [1.82, 2.24) is 0 Å². The van der Waals surface area contributed by atoms with E-state index in [1.54, 1.807) is 0 Å². The van der Waals surface area contributed by atoms with E-state index in [0.29, 0.717) is 5.56 Å². The molecule has 1 aromatic carbocycles. The summed E-state index contributed by atoms with van der Waals surface area (Å²) in [7, 11) is 0. The number of aliphatic hydroxyl groups excluding tert-OH is 4. The SMILES string of the molecule is O=C([O-])C(Cc1ccc(O)cc1)O[C@@H]1O[C@H](CO)[C@@H](O)[C@H](O)[C@H]1O.[K+]. The van der Waals surface area contributed by atoms with Gasteiger partial charge < -0.3 is 44.9 Å². The number of carbonyl (C=O) groups is 1. The quantitative estimate of drug-likeness (QED) is 0.302. The van der Waals surface area contributed by atoms with E-state index in [-0.39, 0.29) is 63.6 Å². The summed E-state index contributed by atoms with van der Waals surface area (Å²) in [6, 6.07) is 5.72. The molecular formula is C15H19KO9. The average molecular weight is 382 g/mol. The number of carbonyl (C=O) groups excluding carboxylic acids is 1. The Morgan fingerprint density at radius 1 is 1.16 bits per heavy atom. The number of ether oxygens (including phenoxy) is 2. The number of aromatic hydroxyl groups is 1. The fraction of sp³-hybridized carbons (Fsp3) is 0.533. The van der Waals surface area contributed by atoms with Gasteiger partial charge >= 0.3 is 51.4 Å². The maximum absolute atomic E-state index is 11.3. The fourth-order valence-corrected chi connectivity index (χ4v) is 2.37. The maximum Gasteiger partial charge on any atom is 1.00 e. The second-order valence-corrected chi connectivity index (χ2v) is 5.51. The third-order valence-electron chi connectivity index (χ3n) is 3.77. The van der Waals surface area contributed by atoms with E-state index in [1.807, 2.05) is 0 Å². The first-order valence-corrected chi connectivity index (χ1v) is 7.28. The summed E-state index contributed by atoms with van der Waals surface area (Å²) < 4.78 is 10.3. The summed E-state index contributed by atoms with van der Waals surface area (Å²) in [6.07, 6.45) is -9.37. The minimum atomic E-state index is -1.70. The Kier molecular flexibility index (Phi) is 9.43. The maximum atomic E-state index is 11.3. The minimum absolute atomic E-state index is 0. The molecule has 134 valence electrons. The number of hydrogen-bond donors (Lipinski definition) is 5. The number of carboxylic acids is 1. The van der Waals surface area contributed by atoms with Gasteiger partial charge in [-0.15, -0.1) is 0 Å². The van der Waals surface area contributed by atoms with Gasteiger partial charge in [-0.1, -0.05) is 12.1 Å². The number of hydrogen-bond acceptors (Lipinski definition) is 9. The standard InChI is InChI=1S/C15H20O9.K/c16-6-10-11(18)12(19)13(20)15(24-10)23-9(14(21)22)5-7-1-3-8(17)4-2-7;/h1-4,9-13,15-20H,5-6H2,(H,21,22);/q;+1/p-1/t9?,10-,11-,12+,13-,15-;/m1./s1. The number of benzene rings is 1. The first-order valence-electron chi connectivity index (χ1n) is 7.28. The van der Waals surface area contributed by atoms with Crippen LogP contribution in [0.2, 0.25) is 0 Å². The molecule has 6 atom stereocenters. The van der Waals surface area contributed by atoms with Crippen molar-refractivity contribution in [1.29, 1.82) is 0 Å². The molecule has 1 fully saturated rings. The van der Waals surface area contributed by atoms with Crippen molar-refractivity contribution < 1.29 is 96.3 Å². The van der Waals surface area contributed by atoms with Crippen LogP contribution in [-0.2, 0) is 20.7 Å². The van der Waals surface area contributed by atoms with Crippen molar-refractivity contribution >= 4 is 5.97 Å². The molecule has 5 N–H and O–H groups in total. The first kappa shape index (κ1) is 22.9. The number of aliphatic carboxylic acids is 1. The molecule has 0 saturated carbocycles. The summed E-state index contributed by atoms with van der Waals surface area (Å²) in [5.74, 6) is -1.56. The van der Waals surface area contributed by atoms with Gasteiger partial charge in [0.05, 0.1) is 12.6 Å². The van der Waals surface area contributed by atoms with Crippen LogP contribution in [0.5, 0.6) is 5.75 Å². The van der Waals surface area contributed by atoms with Crippen LogP contribution >= 0.6 is 0 Å². The molecule has 1 aliphatic rings. The number of phenols is 1. The van der Waals surface area contributed by atoms with Crippen LogP contribution < -0.4 is 56.5 Å². The van der Waals surface area contributed by atoms with E-state index in [0.717, 1.165) is 0 Å². The third kappa shape index (κ3) is 5.94. The molecule has 1 heterocycles. The summed E-state index contributed by atoms with van der Waals surface area (Å²) in [5.41, 5.74) is 0.520. The predicted octanol–water partition coefficient (Wildman–Crippen LogP) is -6.13. The molecular weight excluding hydrogens is 363 g/mol. The van der Waals surface area contributed by atoms with Crippen LogP contribution in [0.1, 0.15) is 5.56 Å². The Balaban J connectivity index is 0.00000312. The zero-order valence-corrected chi connectivity index (χ0v) is 16.7. The largest absolute Gasteiger partial charge is 1.00 e. The van der Waals surface area contributed by atoms with Gasteiger partial charge in [0.15, 0.2) is 6.29 Å². The Morgan fingerprint density at radius 3 is 2.28 bits per heavy atom. The van der Waals surface area contributed by atoms with Gasteiger partial charge in [-0.2, -0.15) is 0 Å². The van der Waals surface area contributed by atoms with Crippen molar-refractivity contribution in [2.75, 3.05) is 6.61 Å². The summed E-state index contributed by atoms with van der Waals surface area (Å²) in [4.78, 5) is 11.3. The van der Waals surface area contributed by atoms with Crippen LogP contribution in [-0.4, -0.2) is 74.9 Å². The summed E-state index contributed by atoms with van der Waals surface area (Å²) in [5, 5.41) is 58.8. The number of rotatable bonds is 6. The molecule has 0 amide bonds. The van der Waals surface area contributed by atoms with Crippen LogP contribution in [0.3, 0.4) is 0 Å². The molecule has 10 heteroatoms. The minimum Gasteiger partial charge on any atom is -0.547 e. The summed E-state index contributed by atoms with van der Waals surface area (Å²) in [6.45, 7) is -0.654. The number of aliphatic hydroxyl groups is 4. The van der Waals surface area contributed by atoms with Crippen LogP contribution in [0.4, 0.5) is 0 Å². The van der Waals surface area contributed by atoms with Gasteiger partial charge in [-0.3, -0.25) is 0 Å². The van der Waals surface area contributed by atoms with E-state index in [4.69, 9.17) is 14.6 Å². The Labute approximate surface area is 186 Å². The average Bonchev–Trinajstić information content (AvgIpc) is 2.56. The Bertz CT molecular complexity index is 550. The van der Waals surface area contributed by atoms with E-state index in [1.165, 1.54) is 24.3 Å². The normalized spacial score (nSPS) is 30.3. The van der Waals surface area contributed by atoms with Gasteiger partial charge in [0.1, 0.15) is 36.3 Å². The zero-order valence-electron chi connectivity index (χ0n) is 13.6. The topological polar surface area (TPSA) is 160 Å². The molecule has 1 saturated heterocycles. The molecule has 0 bridgehead atoms. The molecule has 1 aromatic rings. The van der Waals surface area contributed by atoms with Gasteiger partial charge in [0.2, 0.25) is 0 Å². The van der Waals surface area contributed by atoms with Crippen molar-refractivity contribution in [3.63, 3.8) is 0 Å². The van der Waals surface area contributed by atoms with Gasteiger partial charge in [-0.05, 0) is 17.7 Å². The molecule has 9 nitrogen and oxygen atoms in total. The zero-order chi connectivity index (χ0) is 17.9. The van der Waals surface area contributed by atoms with E-state index in [9.17, 15) is 30.3 Å². The van der Waals surface area contributed by atoms with E-state index >= 15 is 0 Å². The second-order valence-electron chi connectivity index (χ2n) is 5.51. The van der Waals surface area contributed by atoms with Crippen LogP contribution in [0.25, 0.3) is 0 Å². The Morgan fingerprint density at radius 2 is 1.76 bits per heavy atom. The fourth-order valence-electron chi connectivity index (χ4n) is 2.37. The molecule has 0 aliphatic carbocycles. The smallest absolute Gasteiger partial charge is 0.547 e. The van der Waals surface area contributed by atoms with E-state index in [2.05, 4.69) is 0 Å².